The number of carbonyl (C=O) groups excluding carboxylic acids is 2. The van der Waals surface area contributed by atoms with Gasteiger partial charge in [-0.2, -0.15) is 0 Å². The molecule has 0 unspecified atom stereocenters. The summed E-state index contributed by atoms with van der Waals surface area (Å²) in [6.45, 7) is 1.55. The highest BCUT2D eigenvalue weighted by molar-refractivity contribution is 6.31. The molecule has 3 aromatic rings. The molecule has 0 aliphatic carbocycles. The molecule has 148 valence electrons. The Hall–Kier alpha value is -2.70. The molecule has 2 saturated heterocycles. The SMILES string of the molecule is O=C1C[C@H](N2CCC(c3nc4ccccc4[nH]3)CC2)C(=O)N1c1cccc(Cl)c1. The van der Waals surface area contributed by atoms with E-state index in [9.17, 15) is 9.59 Å². The number of aromatic amines is 1. The average molecular weight is 409 g/mol. The first-order valence-electron chi connectivity index (χ1n) is 9.91. The number of likely N-dealkylation sites (tertiary alicyclic amines) is 1. The summed E-state index contributed by atoms with van der Waals surface area (Å²) in [5.41, 5.74) is 2.59. The number of fused-ring (bicyclic) bond motifs is 1. The highest BCUT2D eigenvalue weighted by Crippen LogP contribution is 2.32. The zero-order valence-corrected chi connectivity index (χ0v) is 16.6. The number of nitrogens with zero attached hydrogens (tertiary/aromatic N) is 3. The number of anilines is 1. The van der Waals surface area contributed by atoms with Crippen molar-refractivity contribution in [3.63, 3.8) is 0 Å². The third kappa shape index (κ3) is 3.32. The topological polar surface area (TPSA) is 69.3 Å². The number of nitrogens with one attached hydrogen (secondary N) is 1. The molecule has 5 rings (SSSR count). The molecule has 0 radical (unpaired) electrons. The third-order valence-corrected chi connectivity index (χ3v) is 6.19. The van der Waals surface area contributed by atoms with Gasteiger partial charge in [-0.15, -0.1) is 0 Å². The number of aromatic nitrogens is 2. The summed E-state index contributed by atoms with van der Waals surface area (Å²) in [4.78, 5) is 37.1. The lowest BCUT2D eigenvalue weighted by Gasteiger charge is -2.34. The Balaban J connectivity index is 1.28. The fourth-order valence-corrected chi connectivity index (χ4v) is 4.62. The highest BCUT2D eigenvalue weighted by atomic mass is 35.5. The molecule has 2 amide bonds. The summed E-state index contributed by atoms with van der Waals surface area (Å²) < 4.78 is 0. The fraction of sp³-hybridized carbons (Fsp3) is 0.318. The van der Waals surface area contributed by atoms with Crippen LogP contribution in [0.15, 0.2) is 48.5 Å². The molecule has 2 aromatic carbocycles. The van der Waals surface area contributed by atoms with Gasteiger partial charge in [0.25, 0.3) is 5.91 Å². The number of imide groups is 1. The van der Waals surface area contributed by atoms with Gasteiger partial charge in [0.05, 0.1) is 29.2 Å². The lowest BCUT2D eigenvalue weighted by Crippen LogP contribution is -2.45. The van der Waals surface area contributed by atoms with Gasteiger partial charge in [0.15, 0.2) is 0 Å². The second-order valence-electron chi connectivity index (χ2n) is 7.72. The van der Waals surface area contributed by atoms with Gasteiger partial charge in [0, 0.05) is 10.9 Å². The first-order valence-corrected chi connectivity index (χ1v) is 10.3. The molecule has 29 heavy (non-hydrogen) atoms. The lowest BCUT2D eigenvalue weighted by atomic mass is 9.95. The van der Waals surface area contributed by atoms with Gasteiger partial charge in [-0.05, 0) is 56.3 Å². The predicted molar refractivity (Wildman–Crippen MR) is 112 cm³/mol. The standard InChI is InChI=1S/C22H21ClN4O2/c23-15-4-3-5-16(12-15)27-20(28)13-19(22(27)29)26-10-8-14(9-11-26)21-24-17-6-1-2-7-18(17)25-21/h1-7,12,14,19H,8-11,13H2,(H,24,25)/t19-/m0/s1. The van der Waals surface area contributed by atoms with Gasteiger partial charge in [0.2, 0.25) is 5.91 Å². The Morgan fingerprint density at radius 2 is 1.83 bits per heavy atom. The van der Waals surface area contributed by atoms with Crippen LogP contribution in [0.3, 0.4) is 0 Å². The molecule has 2 fully saturated rings. The zero-order chi connectivity index (χ0) is 20.0. The van der Waals surface area contributed by atoms with E-state index in [4.69, 9.17) is 16.6 Å². The molecule has 6 nitrogen and oxygen atoms in total. The Morgan fingerprint density at radius 1 is 1.03 bits per heavy atom. The van der Waals surface area contributed by atoms with Crippen LogP contribution in [-0.2, 0) is 9.59 Å². The van der Waals surface area contributed by atoms with Gasteiger partial charge in [-0.3, -0.25) is 14.5 Å². The van der Waals surface area contributed by atoms with Crippen LogP contribution in [0, 0.1) is 0 Å². The van der Waals surface area contributed by atoms with E-state index in [0.29, 0.717) is 16.6 Å². The largest absolute Gasteiger partial charge is 0.342 e. The number of rotatable bonds is 3. The maximum Gasteiger partial charge on any atom is 0.251 e. The number of imidazole rings is 1. The van der Waals surface area contributed by atoms with E-state index in [2.05, 4.69) is 9.88 Å². The van der Waals surface area contributed by atoms with Crippen LogP contribution < -0.4 is 4.90 Å². The molecule has 0 bridgehead atoms. The van der Waals surface area contributed by atoms with Crippen LogP contribution in [0.4, 0.5) is 5.69 Å². The molecule has 1 atom stereocenters. The Morgan fingerprint density at radius 3 is 2.59 bits per heavy atom. The van der Waals surface area contributed by atoms with Crippen molar-refractivity contribution in [2.45, 2.75) is 31.2 Å². The van der Waals surface area contributed by atoms with E-state index in [-0.39, 0.29) is 18.2 Å². The molecule has 0 saturated carbocycles. The number of amides is 2. The van der Waals surface area contributed by atoms with Gasteiger partial charge in [0.1, 0.15) is 5.82 Å². The number of carbonyl (C=O) groups is 2. The van der Waals surface area contributed by atoms with E-state index >= 15 is 0 Å². The monoisotopic (exact) mass is 408 g/mol. The summed E-state index contributed by atoms with van der Waals surface area (Å²) in [6.07, 6.45) is 2.05. The second-order valence-corrected chi connectivity index (χ2v) is 8.15. The molecule has 7 heteroatoms. The van der Waals surface area contributed by atoms with E-state index in [1.54, 1.807) is 24.3 Å². The van der Waals surface area contributed by atoms with Gasteiger partial charge in [-0.25, -0.2) is 9.88 Å². The Kier molecular flexibility index (Phi) is 4.60. The second kappa shape index (κ2) is 7.28. The van der Waals surface area contributed by atoms with Crippen molar-refractivity contribution < 1.29 is 9.59 Å². The molecular weight excluding hydrogens is 388 g/mol. The number of para-hydroxylation sites is 2. The number of benzene rings is 2. The molecule has 1 aromatic heterocycles. The first-order chi connectivity index (χ1) is 14.1. The van der Waals surface area contributed by atoms with Crippen LogP contribution >= 0.6 is 11.6 Å². The van der Waals surface area contributed by atoms with Crippen molar-refractivity contribution in [3.05, 3.63) is 59.4 Å². The van der Waals surface area contributed by atoms with Crippen molar-refractivity contribution in [1.82, 2.24) is 14.9 Å². The van der Waals surface area contributed by atoms with Crippen LogP contribution in [0.25, 0.3) is 11.0 Å². The summed E-state index contributed by atoms with van der Waals surface area (Å²) in [5, 5.41) is 0.512. The van der Waals surface area contributed by atoms with E-state index in [1.807, 2.05) is 24.3 Å². The minimum absolute atomic E-state index is 0.153. The lowest BCUT2D eigenvalue weighted by molar-refractivity contribution is -0.123. The van der Waals surface area contributed by atoms with Gasteiger partial charge in [-0.1, -0.05) is 29.8 Å². The molecular formula is C22H21ClN4O2. The van der Waals surface area contributed by atoms with Gasteiger partial charge >= 0.3 is 0 Å². The summed E-state index contributed by atoms with van der Waals surface area (Å²) in [7, 11) is 0. The van der Waals surface area contributed by atoms with E-state index in [0.717, 1.165) is 42.8 Å². The summed E-state index contributed by atoms with van der Waals surface area (Å²) in [5.74, 6) is 1.04. The average Bonchev–Trinajstić information content (AvgIpc) is 3.29. The van der Waals surface area contributed by atoms with Crippen molar-refractivity contribution in [2.24, 2.45) is 0 Å². The summed E-state index contributed by atoms with van der Waals surface area (Å²) in [6, 6.07) is 14.5. The number of halogens is 1. The molecule has 1 N–H and O–H groups in total. The van der Waals surface area contributed by atoms with Crippen molar-refractivity contribution >= 4 is 40.1 Å². The summed E-state index contributed by atoms with van der Waals surface area (Å²) >= 11 is 6.04. The van der Waals surface area contributed by atoms with E-state index in [1.165, 1.54) is 4.90 Å². The predicted octanol–water partition coefficient (Wildman–Crippen LogP) is 3.73. The number of piperidine rings is 1. The maximum absolute atomic E-state index is 13.0. The molecule has 2 aliphatic rings. The molecule has 0 spiro atoms. The van der Waals surface area contributed by atoms with Crippen molar-refractivity contribution in [3.8, 4) is 0 Å². The van der Waals surface area contributed by atoms with Crippen LogP contribution in [0.2, 0.25) is 5.02 Å². The molecule has 2 aliphatic heterocycles. The molecule has 3 heterocycles. The maximum atomic E-state index is 13.0. The number of hydrogen-bond acceptors (Lipinski definition) is 4. The Labute approximate surface area is 173 Å². The smallest absolute Gasteiger partial charge is 0.251 e. The van der Waals surface area contributed by atoms with E-state index < -0.39 is 6.04 Å². The Bertz CT molecular complexity index is 1050. The van der Waals surface area contributed by atoms with Gasteiger partial charge < -0.3 is 4.98 Å². The first kappa shape index (κ1) is 18.3. The highest BCUT2D eigenvalue weighted by Gasteiger charge is 2.43. The zero-order valence-electron chi connectivity index (χ0n) is 15.8. The van der Waals surface area contributed by atoms with Crippen molar-refractivity contribution in [2.75, 3.05) is 18.0 Å². The fourth-order valence-electron chi connectivity index (χ4n) is 4.44. The number of H-pyrrole nitrogens is 1. The van der Waals surface area contributed by atoms with Crippen LogP contribution in [0.1, 0.15) is 31.0 Å². The van der Waals surface area contributed by atoms with Crippen LogP contribution in [0.5, 0.6) is 0 Å². The third-order valence-electron chi connectivity index (χ3n) is 5.95. The normalized spacial score (nSPS) is 21.4. The minimum atomic E-state index is -0.391. The minimum Gasteiger partial charge on any atom is -0.342 e. The number of hydrogen-bond donors (Lipinski definition) is 1. The van der Waals surface area contributed by atoms with Crippen LogP contribution in [-0.4, -0.2) is 45.8 Å². The van der Waals surface area contributed by atoms with Crippen molar-refractivity contribution in [1.29, 1.82) is 0 Å². The quantitative estimate of drug-likeness (QED) is 0.670.